The Morgan fingerprint density at radius 2 is 2.17 bits per heavy atom. The Labute approximate surface area is 142 Å². The molecule has 6 nitrogen and oxygen atoms in total. The molecule has 4 rings (SSSR count). The van der Waals surface area contributed by atoms with E-state index in [0.717, 1.165) is 63.8 Å². The Hall–Kier alpha value is -1.40. The molecule has 3 heterocycles. The van der Waals surface area contributed by atoms with Crippen molar-refractivity contribution in [3.63, 3.8) is 0 Å². The number of carbonyl (C=O) groups excluding carboxylic acids is 1. The van der Waals surface area contributed by atoms with Gasteiger partial charge in [-0.05, 0) is 50.4 Å². The number of likely N-dealkylation sites (tertiary alicyclic amines) is 1. The summed E-state index contributed by atoms with van der Waals surface area (Å²) in [4.78, 5) is 14.3. The number of aromatic nitrogens is 1. The van der Waals surface area contributed by atoms with Crippen molar-refractivity contribution in [2.75, 3.05) is 32.9 Å². The maximum absolute atomic E-state index is 12.4. The van der Waals surface area contributed by atoms with Crippen molar-refractivity contribution in [2.45, 2.75) is 45.1 Å². The molecule has 0 unspecified atom stereocenters. The van der Waals surface area contributed by atoms with E-state index in [0.29, 0.717) is 5.76 Å². The van der Waals surface area contributed by atoms with Crippen molar-refractivity contribution in [3.05, 3.63) is 17.5 Å². The van der Waals surface area contributed by atoms with E-state index >= 15 is 0 Å². The van der Waals surface area contributed by atoms with E-state index in [2.05, 4.69) is 5.16 Å². The van der Waals surface area contributed by atoms with E-state index in [1.165, 1.54) is 12.8 Å². The number of ether oxygens (including phenoxy) is 2. The summed E-state index contributed by atoms with van der Waals surface area (Å²) in [5, 5.41) is 3.80. The molecule has 1 aromatic heterocycles. The number of hydrogen-bond acceptors (Lipinski definition) is 5. The number of nitrogens with zero attached hydrogens (tertiary/aromatic N) is 2. The highest BCUT2D eigenvalue weighted by Crippen LogP contribution is 2.42. The van der Waals surface area contributed by atoms with E-state index < -0.39 is 0 Å². The van der Waals surface area contributed by atoms with Crippen LogP contribution in [0.15, 0.2) is 10.6 Å². The molecular formula is C18H26N2O4. The lowest BCUT2D eigenvalue weighted by atomic mass is 9.76. The molecule has 2 saturated heterocycles. The van der Waals surface area contributed by atoms with Crippen LogP contribution in [0.25, 0.3) is 0 Å². The van der Waals surface area contributed by atoms with Crippen LogP contribution in [-0.2, 0) is 9.47 Å². The molecule has 3 fully saturated rings. The Kier molecular flexibility index (Phi) is 4.35. The van der Waals surface area contributed by atoms with Crippen molar-refractivity contribution in [1.29, 1.82) is 0 Å². The van der Waals surface area contributed by atoms with Gasteiger partial charge in [-0.3, -0.25) is 4.79 Å². The average Bonchev–Trinajstić information content (AvgIpc) is 3.18. The number of amides is 1. The first-order chi connectivity index (χ1) is 11.6. The van der Waals surface area contributed by atoms with Crippen LogP contribution in [0.5, 0.6) is 0 Å². The first-order valence-corrected chi connectivity index (χ1v) is 9.06. The first kappa shape index (κ1) is 16.1. The number of hydrogen-bond donors (Lipinski definition) is 0. The fourth-order valence-corrected chi connectivity index (χ4v) is 3.81. The molecule has 1 atom stereocenters. The van der Waals surface area contributed by atoms with Crippen molar-refractivity contribution in [3.8, 4) is 0 Å². The summed E-state index contributed by atoms with van der Waals surface area (Å²) in [6.45, 7) is 5.76. The normalized spacial score (nSPS) is 26.2. The first-order valence-electron chi connectivity index (χ1n) is 9.06. The number of piperidine rings is 1. The van der Waals surface area contributed by atoms with Gasteiger partial charge < -0.3 is 18.9 Å². The molecule has 1 spiro atoms. The van der Waals surface area contributed by atoms with Crippen molar-refractivity contribution in [2.24, 2.45) is 11.3 Å². The predicted molar refractivity (Wildman–Crippen MR) is 86.7 cm³/mol. The molecule has 0 aromatic carbocycles. The second kappa shape index (κ2) is 6.48. The molecule has 132 valence electrons. The third-order valence-corrected chi connectivity index (χ3v) is 5.59. The molecule has 1 aromatic rings. The van der Waals surface area contributed by atoms with Gasteiger partial charge in [0.15, 0.2) is 0 Å². The highest BCUT2D eigenvalue weighted by atomic mass is 16.5. The maximum Gasteiger partial charge on any atom is 0.292 e. The molecule has 0 N–H and O–H groups in total. The van der Waals surface area contributed by atoms with Gasteiger partial charge in [0.25, 0.3) is 5.91 Å². The SMILES string of the molecule is Cc1cc(C(=O)N2CCC3(CC2)CO[C@H](COCC2CC2)C3)on1. The Morgan fingerprint density at radius 1 is 1.38 bits per heavy atom. The minimum atomic E-state index is -0.0475. The zero-order chi connectivity index (χ0) is 16.6. The van der Waals surface area contributed by atoms with E-state index in [-0.39, 0.29) is 17.4 Å². The smallest absolute Gasteiger partial charge is 0.292 e. The number of carbonyl (C=O) groups is 1. The van der Waals surface area contributed by atoms with Crippen LogP contribution in [0, 0.1) is 18.3 Å². The van der Waals surface area contributed by atoms with Crippen molar-refractivity contribution < 1.29 is 18.8 Å². The third kappa shape index (κ3) is 3.49. The zero-order valence-corrected chi connectivity index (χ0v) is 14.3. The molecule has 0 bridgehead atoms. The minimum absolute atomic E-state index is 0.0475. The van der Waals surface area contributed by atoms with Gasteiger partial charge in [-0.25, -0.2) is 0 Å². The van der Waals surface area contributed by atoms with Gasteiger partial charge in [-0.1, -0.05) is 5.16 Å². The van der Waals surface area contributed by atoms with Crippen LogP contribution >= 0.6 is 0 Å². The fraction of sp³-hybridized carbons (Fsp3) is 0.778. The molecular weight excluding hydrogens is 308 g/mol. The monoisotopic (exact) mass is 334 g/mol. The lowest BCUT2D eigenvalue weighted by molar-refractivity contribution is 0.00927. The van der Waals surface area contributed by atoms with Crippen molar-refractivity contribution >= 4 is 5.91 Å². The summed E-state index contributed by atoms with van der Waals surface area (Å²) in [5.41, 5.74) is 0.965. The van der Waals surface area contributed by atoms with Crippen LogP contribution in [0.1, 0.15) is 48.4 Å². The van der Waals surface area contributed by atoms with Gasteiger partial charge >= 0.3 is 0 Å². The van der Waals surface area contributed by atoms with Gasteiger partial charge in [0.05, 0.1) is 25.0 Å². The Balaban J connectivity index is 1.25. The lowest BCUT2D eigenvalue weighted by Crippen LogP contribution is -2.43. The zero-order valence-electron chi connectivity index (χ0n) is 14.3. The molecule has 1 amide bonds. The van der Waals surface area contributed by atoms with Gasteiger partial charge in [0, 0.05) is 25.8 Å². The van der Waals surface area contributed by atoms with Crippen LogP contribution in [0.3, 0.4) is 0 Å². The molecule has 0 radical (unpaired) electrons. The van der Waals surface area contributed by atoms with E-state index in [4.69, 9.17) is 14.0 Å². The van der Waals surface area contributed by atoms with Crippen molar-refractivity contribution in [1.82, 2.24) is 10.1 Å². The van der Waals surface area contributed by atoms with Crippen LogP contribution < -0.4 is 0 Å². The molecule has 3 aliphatic rings. The number of rotatable bonds is 5. The van der Waals surface area contributed by atoms with Crippen LogP contribution in [0.2, 0.25) is 0 Å². The quantitative estimate of drug-likeness (QED) is 0.827. The summed E-state index contributed by atoms with van der Waals surface area (Å²) in [7, 11) is 0. The molecule has 1 aliphatic carbocycles. The Bertz CT molecular complexity index is 588. The fourth-order valence-electron chi connectivity index (χ4n) is 3.81. The second-order valence-electron chi connectivity index (χ2n) is 7.74. The van der Waals surface area contributed by atoms with Gasteiger partial charge in [0.1, 0.15) is 0 Å². The topological polar surface area (TPSA) is 64.8 Å². The third-order valence-electron chi connectivity index (χ3n) is 5.59. The highest BCUT2D eigenvalue weighted by Gasteiger charge is 2.43. The summed E-state index contributed by atoms with van der Waals surface area (Å²) >= 11 is 0. The summed E-state index contributed by atoms with van der Waals surface area (Å²) in [5.74, 6) is 1.10. The molecule has 1 saturated carbocycles. The molecule has 6 heteroatoms. The summed E-state index contributed by atoms with van der Waals surface area (Å²) in [6, 6.07) is 1.71. The van der Waals surface area contributed by atoms with Crippen LogP contribution in [-0.4, -0.2) is 55.0 Å². The lowest BCUT2D eigenvalue weighted by Gasteiger charge is -2.38. The van der Waals surface area contributed by atoms with E-state index in [1.54, 1.807) is 6.07 Å². The minimum Gasteiger partial charge on any atom is -0.378 e. The average molecular weight is 334 g/mol. The van der Waals surface area contributed by atoms with Gasteiger partial charge in [-0.2, -0.15) is 0 Å². The van der Waals surface area contributed by atoms with E-state index in [9.17, 15) is 4.79 Å². The maximum atomic E-state index is 12.4. The standard InChI is InChI=1S/C18H26N2O4/c1-13-8-16(24-19-13)17(21)20-6-4-18(5-7-20)9-15(23-12-18)11-22-10-14-2-3-14/h8,14-15H,2-7,9-12H2,1H3/t15-/m0/s1. The van der Waals surface area contributed by atoms with E-state index in [1.807, 2.05) is 11.8 Å². The van der Waals surface area contributed by atoms with Crippen LogP contribution in [0.4, 0.5) is 0 Å². The van der Waals surface area contributed by atoms with Gasteiger partial charge in [0.2, 0.25) is 5.76 Å². The summed E-state index contributed by atoms with van der Waals surface area (Å²) < 4.78 is 16.9. The summed E-state index contributed by atoms with van der Waals surface area (Å²) in [6.07, 6.45) is 5.91. The predicted octanol–water partition coefficient (Wildman–Crippen LogP) is 2.42. The second-order valence-corrected chi connectivity index (χ2v) is 7.74. The largest absolute Gasteiger partial charge is 0.378 e. The number of aryl methyl sites for hydroxylation is 1. The Morgan fingerprint density at radius 3 is 2.83 bits per heavy atom. The molecule has 2 aliphatic heterocycles. The molecule has 24 heavy (non-hydrogen) atoms. The van der Waals surface area contributed by atoms with Gasteiger partial charge in [-0.15, -0.1) is 0 Å². The highest BCUT2D eigenvalue weighted by molar-refractivity contribution is 5.91.